The van der Waals surface area contributed by atoms with E-state index in [-0.39, 0.29) is 17.0 Å². The molecule has 0 aliphatic carbocycles. The first-order chi connectivity index (χ1) is 10.1. The zero-order valence-electron chi connectivity index (χ0n) is 11.8. The van der Waals surface area contributed by atoms with Crippen LogP contribution in [-0.4, -0.2) is 53.6 Å². The topological polar surface area (TPSA) is 86.9 Å². The van der Waals surface area contributed by atoms with E-state index in [2.05, 4.69) is 4.90 Å². The second kappa shape index (κ2) is 7.03. The number of hydrogen-bond donors (Lipinski definition) is 1. The minimum Gasteiger partial charge on any atom is -0.481 e. The van der Waals surface area contributed by atoms with Gasteiger partial charge in [-0.05, 0) is 19.0 Å². The lowest BCUT2D eigenvalue weighted by Gasteiger charge is -2.35. The fourth-order valence-corrected chi connectivity index (χ4v) is 2.55. The predicted octanol–water partition coefficient (Wildman–Crippen LogP) is 1.58. The van der Waals surface area contributed by atoms with Gasteiger partial charge in [-0.2, -0.15) is 0 Å². The van der Waals surface area contributed by atoms with Crippen molar-refractivity contribution in [1.29, 1.82) is 0 Å². The first-order valence-corrected chi connectivity index (χ1v) is 7.00. The number of nitro groups is 1. The van der Waals surface area contributed by atoms with Gasteiger partial charge in [0, 0.05) is 38.7 Å². The first-order valence-electron chi connectivity index (χ1n) is 7.00. The van der Waals surface area contributed by atoms with Gasteiger partial charge in [0.1, 0.15) is 5.69 Å². The number of aliphatic carboxylic acids is 1. The second-order valence-electron chi connectivity index (χ2n) is 5.07. The Balaban J connectivity index is 1.89. The van der Waals surface area contributed by atoms with Crippen molar-refractivity contribution in [2.75, 3.05) is 37.6 Å². The Hall–Kier alpha value is -2.15. The van der Waals surface area contributed by atoms with Gasteiger partial charge in [-0.3, -0.25) is 19.8 Å². The highest BCUT2D eigenvalue weighted by atomic mass is 16.6. The molecule has 1 saturated heterocycles. The summed E-state index contributed by atoms with van der Waals surface area (Å²) in [5.74, 6) is -0.770. The van der Waals surface area contributed by atoms with E-state index >= 15 is 0 Å². The molecule has 0 unspecified atom stereocenters. The summed E-state index contributed by atoms with van der Waals surface area (Å²) in [7, 11) is 0. The molecule has 114 valence electrons. The molecule has 0 amide bonds. The maximum Gasteiger partial charge on any atom is 0.303 e. The van der Waals surface area contributed by atoms with Crippen molar-refractivity contribution >= 4 is 17.3 Å². The van der Waals surface area contributed by atoms with Crippen LogP contribution in [0.4, 0.5) is 11.4 Å². The van der Waals surface area contributed by atoms with Gasteiger partial charge in [0.15, 0.2) is 0 Å². The molecule has 21 heavy (non-hydrogen) atoms. The zero-order valence-corrected chi connectivity index (χ0v) is 11.8. The van der Waals surface area contributed by atoms with Crippen LogP contribution in [0.1, 0.15) is 12.8 Å². The molecule has 7 nitrogen and oxygen atoms in total. The van der Waals surface area contributed by atoms with Crippen molar-refractivity contribution in [3.05, 3.63) is 34.4 Å². The summed E-state index contributed by atoms with van der Waals surface area (Å²) in [6.07, 6.45) is 0.825. The van der Waals surface area contributed by atoms with Crippen LogP contribution < -0.4 is 4.90 Å². The number of piperazine rings is 1. The summed E-state index contributed by atoms with van der Waals surface area (Å²) < 4.78 is 0. The van der Waals surface area contributed by atoms with Gasteiger partial charge in [0.25, 0.3) is 5.69 Å². The van der Waals surface area contributed by atoms with E-state index in [1.807, 2.05) is 11.0 Å². The number of hydrogen-bond acceptors (Lipinski definition) is 5. The van der Waals surface area contributed by atoms with Crippen molar-refractivity contribution in [1.82, 2.24) is 4.90 Å². The molecule has 0 bridgehead atoms. The lowest BCUT2D eigenvalue weighted by molar-refractivity contribution is -0.384. The van der Waals surface area contributed by atoms with Crippen LogP contribution in [0.3, 0.4) is 0 Å². The third-order valence-corrected chi connectivity index (χ3v) is 3.66. The van der Waals surface area contributed by atoms with E-state index in [9.17, 15) is 14.9 Å². The molecule has 1 fully saturated rings. The highest BCUT2D eigenvalue weighted by molar-refractivity contribution is 5.66. The molecule has 1 N–H and O–H groups in total. The molecule has 1 aliphatic heterocycles. The molecule has 0 aromatic heterocycles. The van der Waals surface area contributed by atoms with Gasteiger partial charge in [-0.25, -0.2) is 0 Å². The van der Waals surface area contributed by atoms with E-state index in [0.717, 1.165) is 32.7 Å². The minimum absolute atomic E-state index is 0.136. The molecule has 1 aliphatic rings. The number of carboxylic acid groups (broad SMARTS) is 1. The third kappa shape index (κ3) is 4.16. The van der Waals surface area contributed by atoms with Crippen LogP contribution in [0.2, 0.25) is 0 Å². The number of benzene rings is 1. The molecule has 0 radical (unpaired) electrons. The van der Waals surface area contributed by atoms with Crippen LogP contribution >= 0.6 is 0 Å². The summed E-state index contributed by atoms with van der Waals surface area (Å²) in [5.41, 5.74) is 0.796. The SMILES string of the molecule is O=C(O)CCCN1CCN(c2ccccc2[N+](=O)[O-])CC1. The van der Waals surface area contributed by atoms with Gasteiger partial charge < -0.3 is 10.0 Å². The van der Waals surface area contributed by atoms with Crippen LogP contribution in [0.15, 0.2) is 24.3 Å². The van der Waals surface area contributed by atoms with Crippen LogP contribution in [0, 0.1) is 10.1 Å². The number of carbonyl (C=O) groups is 1. The van der Waals surface area contributed by atoms with Crippen LogP contribution in [0.5, 0.6) is 0 Å². The smallest absolute Gasteiger partial charge is 0.303 e. The quantitative estimate of drug-likeness (QED) is 0.633. The van der Waals surface area contributed by atoms with Crippen molar-refractivity contribution in [2.45, 2.75) is 12.8 Å². The largest absolute Gasteiger partial charge is 0.481 e. The Morgan fingerprint density at radius 2 is 1.90 bits per heavy atom. The average Bonchev–Trinajstić information content (AvgIpc) is 2.47. The van der Waals surface area contributed by atoms with Gasteiger partial charge in [-0.15, -0.1) is 0 Å². The molecular weight excluding hydrogens is 274 g/mol. The Morgan fingerprint density at radius 1 is 1.24 bits per heavy atom. The van der Waals surface area contributed by atoms with Gasteiger partial charge in [0.2, 0.25) is 0 Å². The summed E-state index contributed by atoms with van der Waals surface area (Å²) in [6, 6.07) is 6.78. The third-order valence-electron chi connectivity index (χ3n) is 3.66. The first kappa shape index (κ1) is 15.2. The highest BCUT2D eigenvalue weighted by Gasteiger charge is 2.22. The van der Waals surface area contributed by atoms with E-state index in [0.29, 0.717) is 12.1 Å². The van der Waals surface area contributed by atoms with Gasteiger partial charge in [0.05, 0.1) is 4.92 Å². The second-order valence-corrected chi connectivity index (χ2v) is 5.07. The van der Waals surface area contributed by atoms with Crippen molar-refractivity contribution in [2.24, 2.45) is 0 Å². The maximum absolute atomic E-state index is 11.0. The number of anilines is 1. The lowest BCUT2D eigenvalue weighted by atomic mass is 10.2. The number of carboxylic acids is 1. The summed E-state index contributed by atoms with van der Waals surface area (Å²) >= 11 is 0. The monoisotopic (exact) mass is 293 g/mol. The number of para-hydroxylation sites is 2. The fourth-order valence-electron chi connectivity index (χ4n) is 2.55. The van der Waals surface area contributed by atoms with Gasteiger partial charge in [-0.1, -0.05) is 12.1 Å². The molecule has 1 heterocycles. The Labute approximate surface area is 122 Å². The number of nitrogens with zero attached hydrogens (tertiary/aromatic N) is 3. The summed E-state index contributed by atoms with van der Waals surface area (Å²) in [5, 5.41) is 19.7. The molecule has 2 rings (SSSR count). The maximum atomic E-state index is 11.0. The molecule has 7 heteroatoms. The summed E-state index contributed by atoms with van der Waals surface area (Å²) in [4.78, 5) is 25.4. The molecule has 1 aromatic carbocycles. The Morgan fingerprint density at radius 3 is 2.52 bits per heavy atom. The van der Waals surface area contributed by atoms with Gasteiger partial charge >= 0.3 is 5.97 Å². The zero-order chi connectivity index (χ0) is 15.2. The average molecular weight is 293 g/mol. The lowest BCUT2D eigenvalue weighted by Crippen LogP contribution is -2.46. The Kier molecular flexibility index (Phi) is 5.10. The van der Waals surface area contributed by atoms with Crippen molar-refractivity contribution < 1.29 is 14.8 Å². The van der Waals surface area contributed by atoms with Crippen LogP contribution in [-0.2, 0) is 4.79 Å². The fraction of sp³-hybridized carbons (Fsp3) is 0.500. The van der Waals surface area contributed by atoms with E-state index in [1.165, 1.54) is 6.07 Å². The molecule has 0 atom stereocenters. The summed E-state index contributed by atoms with van der Waals surface area (Å²) in [6.45, 7) is 3.80. The van der Waals surface area contributed by atoms with E-state index < -0.39 is 5.97 Å². The standard InChI is InChI=1S/C14H19N3O4/c18-14(19)6-3-7-15-8-10-16(11-9-15)12-4-1-2-5-13(12)17(20)21/h1-2,4-5H,3,6-11H2,(H,18,19). The normalized spacial score (nSPS) is 15.9. The molecule has 1 aromatic rings. The molecule has 0 spiro atoms. The van der Waals surface area contributed by atoms with E-state index in [1.54, 1.807) is 12.1 Å². The molecular formula is C14H19N3O4. The highest BCUT2D eigenvalue weighted by Crippen LogP contribution is 2.28. The van der Waals surface area contributed by atoms with E-state index in [4.69, 9.17) is 5.11 Å². The number of rotatable bonds is 6. The number of nitro benzene ring substituents is 1. The molecule has 0 saturated carbocycles. The predicted molar refractivity (Wildman–Crippen MR) is 78.6 cm³/mol. The minimum atomic E-state index is -0.770. The van der Waals surface area contributed by atoms with Crippen molar-refractivity contribution in [3.8, 4) is 0 Å². The van der Waals surface area contributed by atoms with Crippen LogP contribution in [0.25, 0.3) is 0 Å². The Bertz CT molecular complexity index is 513. The van der Waals surface area contributed by atoms with Crippen molar-refractivity contribution in [3.63, 3.8) is 0 Å².